The molecule has 0 amide bonds. The Bertz CT molecular complexity index is 1340. The van der Waals surface area contributed by atoms with Crippen LogP contribution in [0.4, 0.5) is 8.78 Å². The first kappa shape index (κ1) is 25.0. The van der Waals surface area contributed by atoms with Crippen molar-refractivity contribution in [3.63, 3.8) is 0 Å². The Labute approximate surface area is 208 Å². The molecular weight excluding hydrogens is 472 g/mol. The van der Waals surface area contributed by atoms with E-state index in [4.69, 9.17) is 15.5 Å². The zero-order valence-electron chi connectivity index (χ0n) is 19.2. The number of aliphatic hydroxyl groups is 1. The Morgan fingerprint density at radius 3 is 2.66 bits per heavy atom. The highest BCUT2D eigenvalue weighted by Crippen LogP contribution is 2.47. The van der Waals surface area contributed by atoms with E-state index >= 15 is 0 Å². The lowest BCUT2D eigenvalue weighted by atomic mass is 9.75. The summed E-state index contributed by atoms with van der Waals surface area (Å²) >= 11 is 0. The van der Waals surface area contributed by atoms with Gasteiger partial charge in [-0.2, -0.15) is 18.6 Å². The highest BCUT2D eigenvalue weighted by atomic mass is 32.1. The average molecular weight is 500 g/mol. The number of pyridine rings is 2. The lowest BCUT2D eigenvalue weighted by Crippen LogP contribution is -2.41. The molecule has 5 rings (SSSR count). The summed E-state index contributed by atoms with van der Waals surface area (Å²) in [5, 5.41) is 14.8. The number of hydrogen-bond donors (Lipinski definition) is 2. The summed E-state index contributed by atoms with van der Waals surface area (Å²) in [6.45, 7) is 2.20. The summed E-state index contributed by atoms with van der Waals surface area (Å²) in [6, 6.07) is 14.1. The van der Waals surface area contributed by atoms with Crippen molar-refractivity contribution in [2.45, 2.75) is 38.3 Å². The number of halogens is 2. The quantitative estimate of drug-likeness (QED) is 0.388. The molecule has 1 aliphatic rings. The first-order valence-electron chi connectivity index (χ1n) is 11.2. The van der Waals surface area contributed by atoms with E-state index in [1.807, 2.05) is 43.3 Å². The van der Waals surface area contributed by atoms with E-state index in [9.17, 15) is 13.9 Å². The molecule has 1 saturated carbocycles. The van der Waals surface area contributed by atoms with E-state index in [0.717, 1.165) is 16.5 Å². The SMILES string of the molecule is CCOc1cc(-c2cccc([C@@H](N)C3CC(F)(F)C3)n2)cc2c1cnn2-c1cccc(CO)n1.S. The smallest absolute Gasteiger partial charge is 0.248 e. The molecule has 3 N–H and O–H groups in total. The molecule has 184 valence electrons. The number of ether oxygens (including phenoxy) is 1. The normalized spacial score (nSPS) is 15.9. The summed E-state index contributed by atoms with van der Waals surface area (Å²) in [4.78, 5) is 9.17. The maximum absolute atomic E-state index is 13.4. The van der Waals surface area contributed by atoms with Crippen molar-refractivity contribution >= 4 is 24.4 Å². The number of nitrogens with zero attached hydrogens (tertiary/aromatic N) is 4. The molecule has 1 aliphatic carbocycles. The van der Waals surface area contributed by atoms with Crippen molar-refractivity contribution in [1.29, 1.82) is 0 Å². The Kier molecular flexibility index (Phi) is 7.07. The van der Waals surface area contributed by atoms with Crippen LogP contribution in [0.1, 0.15) is 37.2 Å². The standard InChI is InChI=1S/C25H25F2N5O2.H2S/c1-2-34-22-10-15(19-6-4-7-20(31-19)24(28)16-11-25(26,27)12-16)9-21-18(22)13-29-32(21)23-8-3-5-17(14-33)30-23;/h3-10,13,16,24,33H,2,11-12,14,28H2,1H3;1H2/t24-;/m0./s1. The average Bonchev–Trinajstić information content (AvgIpc) is 3.26. The summed E-state index contributed by atoms with van der Waals surface area (Å²) in [5.41, 5.74) is 9.61. The zero-order valence-corrected chi connectivity index (χ0v) is 20.2. The van der Waals surface area contributed by atoms with Crippen molar-refractivity contribution in [2.75, 3.05) is 6.61 Å². The summed E-state index contributed by atoms with van der Waals surface area (Å²) in [7, 11) is 0. The number of nitrogens with two attached hydrogens (primary N) is 1. The van der Waals surface area contributed by atoms with Crippen LogP contribution >= 0.6 is 13.5 Å². The first-order valence-corrected chi connectivity index (χ1v) is 11.2. The molecule has 35 heavy (non-hydrogen) atoms. The van der Waals surface area contributed by atoms with Crippen LogP contribution in [0.25, 0.3) is 28.0 Å². The first-order chi connectivity index (χ1) is 16.4. The molecular formula is C25H27F2N5O2S. The predicted molar refractivity (Wildman–Crippen MR) is 134 cm³/mol. The van der Waals surface area contributed by atoms with Gasteiger partial charge in [-0.05, 0) is 49.2 Å². The Morgan fingerprint density at radius 1 is 1.17 bits per heavy atom. The van der Waals surface area contributed by atoms with Crippen molar-refractivity contribution in [1.82, 2.24) is 19.7 Å². The molecule has 0 unspecified atom stereocenters. The minimum Gasteiger partial charge on any atom is -0.493 e. The van der Waals surface area contributed by atoms with Gasteiger partial charge in [0.15, 0.2) is 5.82 Å². The van der Waals surface area contributed by atoms with E-state index in [2.05, 4.69) is 10.1 Å². The van der Waals surface area contributed by atoms with Gasteiger partial charge in [-0.15, -0.1) is 0 Å². The van der Waals surface area contributed by atoms with Crippen molar-refractivity contribution in [3.8, 4) is 22.8 Å². The molecule has 0 saturated heterocycles. The fourth-order valence-electron chi connectivity index (χ4n) is 4.37. The molecule has 4 aromatic rings. The van der Waals surface area contributed by atoms with Gasteiger partial charge in [0.2, 0.25) is 5.92 Å². The third kappa shape index (κ3) is 4.86. The minimum atomic E-state index is -2.63. The number of aliphatic hydroxyl groups excluding tert-OH is 1. The summed E-state index contributed by atoms with van der Waals surface area (Å²) in [5.74, 6) is -1.70. The predicted octanol–water partition coefficient (Wildman–Crippen LogP) is 4.53. The van der Waals surface area contributed by atoms with Crippen LogP contribution in [0.2, 0.25) is 0 Å². The third-order valence-corrected chi connectivity index (χ3v) is 6.16. The second-order valence-corrected chi connectivity index (χ2v) is 8.54. The Morgan fingerprint density at radius 2 is 1.94 bits per heavy atom. The van der Waals surface area contributed by atoms with Crippen LogP contribution in [0.5, 0.6) is 5.75 Å². The second kappa shape index (κ2) is 9.88. The molecule has 1 fully saturated rings. The van der Waals surface area contributed by atoms with Gasteiger partial charge in [0, 0.05) is 18.4 Å². The molecule has 3 heterocycles. The Hall–Kier alpha value is -3.08. The molecule has 10 heteroatoms. The minimum absolute atomic E-state index is 0. The van der Waals surface area contributed by atoms with Crippen molar-refractivity contribution < 1.29 is 18.6 Å². The van der Waals surface area contributed by atoms with E-state index in [1.54, 1.807) is 23.0 Å². The van der Waals surface area contributed by atoms with Gasteiger partial charge in [0.05, 0.1) is 53.4 Å². The fourth-order valence-corrected chi connectivity index (χ4v) is 4.37. The van der Waals surface area contributed by atoms with Gasteiger partial charge in [-0.1, -0.05) is 12.1 Å². The largest absolute Gasteiger partial charge is 0.493 e. The monoisotopic (exact) mass is 499 g/mol. The lowest BCUT2D eigenvalue weighted by Gasteiger charge is -2.38. The zero-order chi connectivity index (χ0) is 23.9. The van der Waals surface area contributed by atoms with Gasteiger partial charge < -0.3 is 15.6 Å². The summed E-state index contributed by atoms with van der Waals surface area (Å²) < 4.78 is 34.3. The molecule has 0 bridgehead atoms. The van der Waals surface area contributed by atoms with Gasteiger partial charge in [-0.25, -0.2) is 18.4 Å². The van der Waals surface area contributed by atoms with E-state index < -0.39 is 12.0 Å². The number of rotatable bonds is 7. The van der Waals surface area contributed by atoms with E-state index in [0.29, 0.717) is 35.3 Å². The third-order valence-electron chi connectivity index (χ3n) is 6.16. The van der Waals surface area contributed by atoms with Crippen LogP contribution < -0.4 is 10.5 Å². The maximum atomic E-state index is 13.4. The van der Waals surface area contributed by atoms with Gasteiger partial charge >= 0.3 is 0 Å². The van der Waals surface area contributed by atoms with Gasteiger partial charge in [0.25, 0.3) is 0 Å². The molecule has 1 atom stereocenters. The van der Waals surface area contributed by atoms with Crippen LogP contribution in [0.15, 0.2) is 54.7 Å². The highest BCUT2D eigenvalue weighted by molar-refractivity contribution is 7.59. The van der Waals surface area contributed by atoms with Crippen LogP contribution in [0, 0.1) is 5.92 Å². The number of benzene rings is 1. The second-order valence-electron chi connectivity index (χ2n) is 8.54. The lowest BCUT2D eigenvalue weighted by molar-refractivity contribution is -0.117. The fraction of sp³-hybridized carbons (Fsp3) is 0.320. The molecule has 0 aliphatic heterocycles. The molecule has 0 spiro atoms. The number of alkyl halides is 2. The van der Waals surface area contributed by atoms with E-state index in [-0.39, 0.29) is 38.9 Å². The van der Waals surface area contributed by atoms with Crippen LogP contribution in [-0.4, -0.2) is 37.4 Å². The highest BCUT2D eigenvalue weighted by Gasteiger charge is 2.48. The topological polar surface area (TPSA) is 99.1 Å². The number of aromatic nitrogens is 4. The molecule has 7 nitrogen and oxygen atoms in total. The van der Waals surface area contributed by atoms with E-state index in [1.165, 1.54) is 0 Å². The number of hydrogen-bond acceptors (Lipinski definition) is 6. The molecule has 3 aromatic heterocycles. The van der Waals surface area contributed by atoms with Gasteiger partial charge in [0.1, 0.15) is 5.75 Å². The summed E-state index contributed by atoms with van der Waals surface area (Å²) in [6.07, 6.45) is 1.30. The van der Waals surface area contributed by atoms with Crippen molar-refractivity contribution in [3.05, 3.63) is 66.1 Å². The number of fused-ring (bicyclic) bond motifs is 1. The molecule has 1 aromatic carbocycles. The molecule has 0 radical (unpaired) electrons. The Balaban J connectivity index is 0.00000289. The van der Waals surface area contributed by atoms with Crippen molar-refractivity contribution in [2.24, 2.45) is 11.7 Å². The van der Waals surface area contributed by atoms with Crippen LogP contribution in [0.3, 0.4) is 0 Å². The van der Waals surface area contributed by atoms with Crippen LogP contribution in [-0.2, 0) is 6.61 Å². The van der Waals surface area contributed by atoms with Gasteiger partial charge in [-0.3, -0.25) is 4.98 Å². The maximum Gasteiger partial charge on any atom is 0.248 e.